The molecular weight excluding hydrogens is 316 g/mol. The number of hydrogen-bond acceptors (Lipinski definition) is 5. The molecule has 3 aromatic rings. The van der Waals surface area contributed by atoms with E-state index in [1.165, 1.54) is 11.3 Å². The molecule has 1 aliphatic rings. The molecule has 2 heterocycles. The topological polar surface area (TPSA) is 52.6 Å². The third kappa shape index (κ3) is 2.93. The normalized spacial score (nSPS) is 13.0. The number of fused-ring (bicyclic) bond motifs is 2. The number of aryl methyl sites for hydroxylation is 1. The first-order valence-corrected chi connectivity index (χ1v) is 8.34. The van der Waals surface area contributed by atoms with Crippen molar-refractivity contribution in [3.63, 3.8) is 0 Å². The number of benzene rings is 2. The zero-order valence-electron chi connectivity index (χ0n) is 14.3. The van der Waals surface area contributed by atoms with E-state index in [0.717, 1.165) is 41.8 Å². The summed E-state index contributed by atoms with van der Waals surface area (Å²) in [6.07, 6.45) is 3.96. The molecule has 0 amide bonds. The largest absolute Gasteiger partial charge is 0.493 e. The summed E-state index contributed by atoms with van der Waals surface area (Å²) in [4.78, 5) is 4.41. The average molecular weight is 336 g/mol. The number of rotatable bonds is 4. The Morgan fingerprint density at radius 3 is 2.64 bits per heavy atom. The predicted molar refractivity (Wildman–Crippen MR) is 98.2 cm³/mol. The molecule has 5 nitrogen and oxygen atoms in total. The number of nitrogens with zero attached hydrogens (tertiary/aromatic N) is 1. The number of ether oxygens (including phenoxy) is 3. The lowest BCUT2D eigenvalue weighted by atomic mass is 10.0. The predicted octanol–water partition coefficient (Wildman–Crippen LogP) is 4.40. The molecule has 128 valence electrons. The van der Waals surface area contributed by atoms with Crippen LogP contribution in [0.1, 0.15) is 12.0 Å². The van der Waals surface area contributed by atoms with E-state index in [9.17, 15) is 0 Å². The van der Waals surface area contributed by atoms with Crippen LogP contribution in [0.15, 0.2) is 42.6 Å². The molecule has 0 bridgehead atoms. The maximum atomic E-state index is 6.17. The summed E-state index contributed by atoms with van der Waals surface area (Å²) < 4.78 is 16.9. The summed E-state index contributed by atoms with van der Waals surface area (Å²) in [6.45, 7) is 1.03. The van der Waals surface area contributed by atoms with Crippen LogP contribution in [0, 0.1) is 0 Å². The molecular formula is C20H20N2O3. The van der Waals surface area contributed by atoms with Gasteiger partial charge < -0.3 is 19.5 Å². The minimum Gasteiger partial charge on any atom is -0.493 e. The maximum absolute atomic E-state index is 6.17. The van der Waals surface area contributed by atoms with Gasteiger partial charge in [0.25, 0.3) is 0 Å². The monoisotopic (exact) mass is 336 g/mol. The Morgan fingerprint density at radius 1 is 0.960 bits per heavy atom. The van der Waals surface area contributed by atoms with Gasteiger partial charge in [-0.15, -0.1) is 0 Å². The second kappa shape index (κ2) is 6.51. The molecule has 0 spiro atoms. The Kier molecular flexibility index (Phi) is 4.06. The van der Waals surface area contributed by atoms with Crippen LogP contribution in [-0.4, -0.2) is 25.7 Å². The van der Waals surface area contributed by atoms with Gasteiger partial charge >= 0.3 is 0 Å². The number of pyridine rings is 1. The molecule has 0 unspecified atom stereocenters. The van der Waals surface area contributed by atoms with Crippen molar-refractivity contribution in [3.05, 3.63) is 48.2 Å². The first-order valence-electron chi connectivity index (χ1n) is 8.34. The van der Waals surface area contributed by atoms with Gasteiger partial charge in [0.2, 0.25) is 0 Å². The summed E-state index contributed by atoms with van der Waals surface area (Å²) in [5.74, 6) is 2.88. The Hall–Kier alpha value is -2.95. The van der Waals surface area contributed by atoms with Crippen LogP contribution in [0.25, 0.3) is 10.9 Å². The van der Waals surface area contributed by atoms with Crippen molar-refractivity contribution in [2.24, 2.45) is 0 Å². The Balaban J connectivity index is 1.74. The molecule has 0 saturated heterocycles. The van der Waals surface area contributed by atoms with E-state index in [-0.39, 0.29) is 0 Å². The van der Waals surface area contributed by atoms with E-state index in [1.54, 1.807) is 20.4 Å². The van der Waals surface area contributed by atoms with E-state index in [4.69, 9.17) is 14.2 Å². The van der Waals surface area contributed by atoms with Crippen LogP contribution in [0.3, 0.4) is 0 Å². The average Bonchev–Trinajstić information content (AvgIpc) is 2.67. The molecule has 1 aromatic heterocycles. The number of methoxy groups -OCH3 is 2. The fraction of sp³-hybridized carbons (Fsp3) is 0.250. The van der Waals surface area contributed by atoms with Crippen molar-refractivity contribution in [1.29, 1.82) is 0 Å². The molecule has 0 fully saturated rings. The summed E-state index contributed by atoms with van der Waals surface area (Å²) in [7, 11) is 3.24. The Labute approximate surface area is 146 Å². The summed E-state index contributed by atoms with van der Waals surface area (Å²) >= 11 is 0. The van der Waals surface area contributed by atoms with Gasteiger partial charge in [0.15, 0.2) is 11.5 Å². The van der Waals surface area contributed by atoms with Gasteiger partial charge in [-0.3, -0.25) is 4.98 Å². The van der Waals surface area contributed by atoms with Crippen LogP contribution in [0.2, 0.25) is 0 Å². The quantitative estimate of drug-likeness (QED) is 0.765. The van der Waals surface area contributed by atoms with Gasteiger partial charge in [0, 0.05) is 29.9 Å². The number of nitrogens with one attached hydrogen (secondary N) is 1. The zero-order valence-corrected chi connectivity index (χ0v) is 14.3. The van der Waals surface area contributed by atoms with Crippen LogP contribution in [0.4, 0.5) is 5.69 Å². The first kappa shape index (κ1) is 15.6. The van der Waals surface area contributed by atoms with Crippen LogP contribution < -0.4 is 19.5 Å². The third-order valence-electron chi connectivity index (χ3n) is 4.45. The first-order chi connectivity index (χ1) is 12.3. The molecule has 4 rings (SSSR count). The molecule has 0 saturated carbocycles. The van der Waals surface area contributed by atoms with Crippen molar-refractivity contribution in [3.8, 4) is 23.0 Å². The molecule has 0 aliphatic carbocycles. The van der Waals surface area contributed by atoms with Crippen molar-refractivity contribution in [2.45, 2.75) is 12.8 Å². The summed E-state index contributed by atoms with van der Waals surface area (Å²) in [5.41, 5.74) is 3.29. The lowest BCUT2D eigenvalue weighted by Gasteiger charge is -2.19. The minimum atomic E-state index is 0.652. The third-order valence-corrected chi connectivity index (χ3v) is 4.45. The number of anilines is 1. The highest BCUT2D eigenvalue weighted by molar-refractivity contribution is 5.88. The van der Waals surface area contributed by atoms with Crippen LogP contribution in [0.5, 0.6) is 23.0 Å². The Morgan fingerprint density at radius 2 is 1.80 bits per heavy atom. The van der Waals surface area contributed by atoms with Crippen LogP contribution >= 0.6 is 0 Å². The lowest BCUT2D eigenvalue weighted by molar-refractivity contribution is 0.355. The second-order valence-corrected chi connectivity index (χ2v) is 5.98. The molecule has 5 heteroatoms. The van der Waals surface area contributed by atoms with Crippen molar-refractivity contribution >= 4 is 16.6 Å². The van der Waals surface area contributed by atoms with Crippen molar-refractivity contribution in [2.75, 3.05) is 26.1 Å². The smallest absolute Gasteiger partial charge is 0.162 e. The molecule has 2 aromatic carbocycles. The van der Waals surface area contributed by atoms with Gasteiger partial charge in [-0.25, -0.2) is 0 Å². The van der Waals surface area contributed by atoms with E-state index in [2.05, 4.69) is 22.4 Å². The molecule has 0 atom stereocenters. The number of aromatic nitrogens is 1. The van der Waals surface area contributed by atoms with Gasteiger partial charge in [0.05, 0.1) is 19.7 Å². The minimum absolute atomic E-state index is 0.652. The van der Waals surface area contributed by atoms with E-state index >= 15 is 0 Å². The highest BCUT2D eigenvalue weighted by atomic mass is 16.5. The second-order valence-electron chi connectivity index (χ2n) is 5.98. The van der Waals surface area contributed by atoms with E-state index < -0.39 is 0 Å². The van der Waals surface area contributed by atoms with Gasteiger partial charge in [-0.05, 0) is 48.7 Å². The molecule has 1 aliphatic heterocycles. The molecule has 1 N–H and O–H groups in total. The fourth-order valence-corrected chi connectivity index (χ4v) is 3.18. The highest BCUT2D eigenvalue weighted by Gasteiger charge is 2.13. The van der Waals surface area contributed by atoms with Crippen molar-refractivity contribution in [1.82, 2.24) is 4.98 Å². The van der Waals surface area contributed by atoms with Crippen molar-refractivity contribution < 1.29 is 14.2 Å². The fourth-order valence-electron chi connectivity index (χ4n) is 3.18. The summed E-state index contributed by atoms with van der Waals surface area (Å²) in [6, 6.07) is 11.8. The summed E-state index contributed by atoms with van der Waals surface area (Å²) in [5, 5.41) is 4.30. The van der Waals surface area contributed by atoms with Gasteiger partial charge in [-0.2, -0.15) is 0 Å². The highest BCUT2D eigenvalue weighted by Crippen LogP contribution is 2.37. The maximum Gasteiger partial charge on any atom is 0.162 e. The Bertz CT molecular complexity index is 924. The van der Waals surface area contributed by atoms with E-state index in [0.29, 0.717) is 11.5 Å². The van der Waals surface area contributed by atoms with Crippen LogP contribution in [-0.2, 0) is 6.42 Å². The van der Waals surface area contributed by atoms with Gasteiger partial charge in [0.1, 0.15) is 11.5 Å². The lowest BCUT2D eigenvalue weighted by Crippen LogP contribution is -2.11. The molecule has 25 heavy (non-hydrogen) atoms. The SMILES string of the molecule is COc1cc2nccc(Oc3ccc4c(c3)CCCN4)c2cc1OC. The molecule has 0 radical (unpaired) electrons. The van der Waals surface area contributed by atoms with Gasteiger partial charge in [-0.1, -0.05) is 0 Å². The standard InChI is InChI=1S/C20H20N2O3/c1-23-19-11-15-17(12-20(19)24-2)22-9-7-18(15)25-14-5-6-16-13(10-14)4-3-8-21-16/h5-7,9-12,21H,3-4,8H2,1-2H3. The zero-order chi connectivity index (χ0) is 17.2. The number of hydrogen-bond donors (Lipinski definition) is 1. The van der Waals surface area contributed by atoms with E-state index in [1.807, 2.05) is 24.3 Å².